The van der Waals surface area contributed by atoms with Gasteiger partial charge in [0.25, 0.3) is 0 Å². The van der Waals surface area contributed by atoms with Crippen LogP contribution in [0.15, 0.2) is 297 Å². The fourth-order valence-corrected chi connectivity index (χ4v) is 18.7. The van der Waals surface area contributed by atoms with Crippen LogP contribution < -0.4 is 0 Å². The van der Waals surface area contributed by atoms with Crippen molar-refractivity contribution in [1.82, 2.24) is 23.7 Å². The summed E-state index contributed by atoms with van der Waals surface area (Å²) in [5.41, 5.74) is 18.5. The average molecular weight is 1250 g/mol. The van der Waals surface area contributed by atoms with Crippen LogP contribution in [0, 0.1) is 0 Å². The standard InChI is InChI=1S/C86H49N5S3/c1-7-22-73-59(16-1)62-35-28-50(53-31-38-68-65-19-4-10-25-79(65)92-82(68)46-53)43-76(62)89(73)57-15-13-14-56(42-57)85-71-49-58(90-74-23-8-2-17-60(74)63-36-29-51(44-77(63)90)54-32-39-69-66-20-5-11-26-80(66)93-83(69)47-54)34-41-72(71)87-86(88-85)91-75-24-9-3-18-61(75)64-37-30-52(45-78(64)91)55-33-40-70-67-21-6-12-27-81(67)94-84(70)48-55/h1-49H. The smallest absolute Gasteiger partial charge is 0.235 e. The first-order valence-electron chi connectivity index (χ1n) is 31.8. The number of aromatic nitrogens is 5. The molecule has 436 valence electrons. The zero-order valence-electron chi connectivity index (χ0n) is 50.3. The van der Waals surface area contributed by atoms with E-state index in [1.54, 1.807) is 0 Å². The molecule has 21 rings (SSSR count). The molecule has 0 aliphatic rings. The van der Waals surface area contributed by atoms with Gasteiger partial charge in [0.1, 0.15) is 0 Å². The third-order valence-corrected chi connectivity index (χ3v) is 23.1. The van der Waals surface area contributed by atoms with E-state index in [1.807, 2.05) is 34.0 Å². The summed E-state index contributed by atoms with van der Waals surface area (Å²) < 4.78 is 15.0. The van der Waals surface area contributed by atoms with Gasteiger partial charge in [-0.3, -0.25) is 4.57 Å². The molecule has 0 saturated heterocycles. The van der Waals surface area contributed by atoms with E-state index < -0.39 is 0 Å². The van der Waals surface area contributed by atoms with Gasteiger partial charge in [-0.2, -0.15) is 0 Å². The summed E-state index contributed by atoms with van der Waals surface area (Å²) in [7, 11) is 0. The highest BCUT2D eigenvalue weighted by Gasteiger charge is 2.23. The fraction of sp³-hybridized carbons (Fsp3) is 0. The van der Waals surface area contributed by atoms with E-state index >= 15 is 0 Å². The van der Waals surface area contributed by atoms with Gasteiger partial charge in [0.15, 0.2) is 0 Å². The molecule has 5 nitrogen and oxygen atoms in total. The monoisotopic (exact) mass is 1250 g/mol. The molecule has 0 atom stereocenters. The molecule has 0 saturated carbocycles. The van der Waals surface area contributed by atoms with Crippen LogP contribution >= 0.6 is 34.0 Å². The van der Waals surface area contributed by atoms with E-state index in [0.717, 1.165) is 83.0 Å². The molecule has 0 aliphatic heterocycles. The molecular formula is C86H49N5S3. The molecule has 0 spiro atoms. The summed E-state index contributed by atoms with van der Waals surface area (Å²) in [6, 6.07) is 110. The highest BCUT2D eigenvalue weighted by Crippen LogP contribution is 2.45. The number of hydrogen-bond donors (Lipinski definition) is 0. The van der Waals surface area contributed by atoms with Crippen LogP contribution in [0.25, 0.3) is 199 Å². The highest BCUT2D eigenvalue weighted by molar-refractivity contribution is 7.26. The van der Waals surface area contributed by atoms with Crippen molar-refractivity contribution in [3.63, 3.8) is 0 Å². The van der Waals surface area contributed by atoms with Gasteiger partial charge >= 0.3 is 0 Å². The van der Waals surface area contributed by atoms with Crippen LogP contribution in [0.4, 0.5) is 0 Å². The molecule has 0 fully saturated rings. The minimum absolute atomic E-state index is 0.609. The van der Waals surface area contributed by atoms with E-state index in [9.17, 15) is 0 Å². The Morgan fingerprint density at radius 1 is 0.202 bits per heavy atom. The Balaban J connectivity index is 0.779. The molecule has 0 amide bonds. The maximum absolute atomic E-state index is 5.90. The number of hydrogen-bond acceptors (Lipinski definition) is 5. The number of benzene rings is 14. The zero-order chi connectivity index (χ0) is 61.3. The van der Waals surface area contributed by atoms with Gasteiger partial charge in [-0.15, -0.1) is 34.0 Å². The fourth-order valence-electron chi connectivity index (χ4n) is 15.3. The molecule has 21 aromatic rings. The van der Waals surface area contributed by atoms with Crippen molar-refractivity contribution in [1.29, 1.82) is 0 Å². The Hall–Kier alpha value is -11.5. The highest BCUT2D eigenvalue weighted by atomic mass is 32.1. The van der Waals surface area contributed by atoms with Crippen LogP contribution in [0.3, 0.4) is 0 Å². The van der Waals surface area contributed by atoms with Crippen LogP contribution in [0.1, 0.15) is 0 Å². The van der Waals surface area contributed by atoms with Crippen LogP contribution in [-0.2, 0) is 0 Å². The first kappa shape index (κ1) is 52.1. The second kappa shape index (κ2) is 20.0. The topological polar surface area (TPSA) is 40.6 Å². The molecule has 0 N–H and O–H groups in total. The Morgan fingerprint density at radius 2 is 0.553 bits per heavy atom. The Kier molecular flexibility index (Phi) is 11.1. The predicted octanol–water partition coefficient (Wildman–Crippen LogP) is 24.7. The Bertz CT molecular complexity index is 6820. The summed E-state index contributed by atoms with van der Waals surface area (Å²) in [4.78, 5) is 11.6. The normalized spacial score (nSPS) is 12.3. The minimum atomic E-state index is 0.609. The molecule has 14 aromatic carbocycles. The second-order valence-corrected chi connectivity index (χ2v) is 28.1. The van der Waals surface area contributed by atoms with E-state index in [1.165, 1.54) is 110 Å². The number of nitrogens with zero attached hydrogens (tertiary/aromatic N) is 5. The summed E-state index contributed by atoms with van der Waals surface area (Å²) >= 11 is 5.58. The van der Waals surface area contributed by atoms with Crippen molar-refractivity contribution in [2.45, 2.75) is 0 Å². The number of para-hydroxylation sites is 3. The number of thiophene rings is 3. The van der Waals surface area contributed by atoms with Crippen molar-refractivity contribution >= 4 is 171 Å². The summed E-state index contributed by atoms with van der Waals surface area (Å²) in [5, 5.41) is 15.9. The predicted molar refractivity (Wildman–Crippen MR) is 403 cm³/mol. The van der Waals surface area contributed by atoms with E-state index in [2.05, 4.69) is 311 Å². The van der Waals surface area contributed by atoms with Crippen LogP contribution in [0.5, 0.6) is 0 Å². The van der Waals surface area contributed by atoms with E-state index in [0.29, 0.717) is 5.95 Å². The molecular weight excluding hydrogens is 1200 g/mol. The van der Waals surface area contributed by atoms with Crippen molar-refractivity contribution in [3.05, 3.63) is 297 Å². The lowest BCUT2D eigenvalue weighted by molar-refractivity contribution is 1.01. The molecule has 0 aliphatic carbocycles. The minimum Gasteiger partial charge on any atom is -0.309 e. The summed E-state index contributed by atoms with van der Waals surface area (Å²) in [6.45, 7) is 0. The van der Waals surface area contributed by atoms with Gasteiger partial charge in [-0.05, 0) is 137 Å². The third kappa shape index (κ3) is 7.79. The first-order valence-corrected chi connectivity index (χ1v) is 34.3. The average Bonchev–Trinajstić information content (AvgIpc) is 1.55. The second-order valence-electron chi connectivity index (χ2n) is 24.8. The number of rotatable bonds is 7. The van der Waals surface area contributed by atoms with Gasteiger partial charge in [-0.25, -0.2) is 9.97 Å². The lowest BCUT2D eigenvalue weighted by Crippen LogP contribution is -2.04. The summed E-state index contributed by atoms with van der Waals surface area (Å²) in [6.07, 6.45) is 0. The van der Waals surface area contributed by atoms with Gasteiger partial charge in [-0.1, -0.05) is 194 Å². The molecule has 94 heavy (non-hydrogen) atoms. The Morgan fingerprint density at radius 3 is 1.01 bits per heavy atom. The van der Waals surface area contributed by atoms with E-state index in [4.69, 9.17) is 9.97 Å². The summed E-state index contributed by atoms with van der Waals surface area (Å²) in [5.74, 6) is 0.609. The van der Waals surface area contributed by atoms with Crippen LogP contribution in [-0.4, -0.2) is 23.7 Å². The van der Waals surface area contributed by atoms with Gasteiger partial charge in [0.05, 0.1) is 44.3 Å². The largest absolute Gasteiger partial charge is 0.309 e. The van der Waals surface area contributed by atoms with Gasteiger partial charge in [0, 0.05) is 115 Å². The SMILES string of the molecule is c1cc(-c2nc(-n3c4ccccc4c4ccc(-c5ccc6c(c5)sc5ccccc56)cc43)nc3ccc(-n4c5ccccc5c5ccc(-c6ccc7c(c6)sc6ccccc67)cc54)cc23)cc(-n2c3ccccc3c3ccc(-c4ccc5c(c4)sc4ccccc45)cc32)c1. The molecule has 0 radical (unpaired) electrons. The molecule has 8 heteroatoms. The lowest BCUT2D eigenvalue weighted by atomic mass is 10.0. The molecule has 7 heterocycles. The molecule has 7 aromatic heterocycles. The quantitative estimate of drug-likeness (QED) is 0.160. The van der Waals surface area contributed by atoms with E-state index in [-0.39, 0.29) is 0 Å². The molecule has 0 unspecified atom stereocenters. The lowest BCUT2D eigenvalue weighted by Gasteiger charge is -2.16. The Labute approximate surface area is 549 Å². The van der Waals surface area contributed by atoms with Crippen molar-refractivity contribution < 1.29 is 0 Å². The van der Waals surface area contributed by atoms with Gasteiger partial charge in [0.2, 0.25) is 5.95 Å². The maximum atomic E-state index is 5.90. The zero-order valence-corrected chi connectivity index (χ0v) is 52.7. The van der Waals surface area contributed by atoms with Crippen molar-refractivity contribution in [2.75, 3.05) is 0 Å². The van der Waals surface area contributed by atoms with Crippen molar-refractivity contribution in [2.24, 2.45) is 0 Å². The number of fused-ring (bicyclic) bond motifs is 19. The first-order chi connectivity index (χ1) is 46.5. The van der Waals surface area contributed by atoms with Gasteiger partial charge < -0.3 is 9.13 Å². The van der Waals surface area contributed by atoms with Crippen molar-refractivity contribution in [3.8, 4) is 62.0 Å². The molecule has 0 bridgehead atoms. The van der Waals surface area contributed by atoms with Crippen LogP contribution in [0.2, 0.25) is 0 Å². The maximum Gasteiger partial charge on any atom is 0.235 e. The third-order valence-electron chi connectivity index (χ3n) is 19.7.